The molecule has 0 aliphatic carbocycles. The number of aryl methyl sites for hydroxylation is 2. The average Bonchev–Trinajstić information content (AvgIpc) is 3.31. The van der Waals surface area contributed by atoms with E-state index in [0.717, 1.165) is 74.2 Å². The number of H-pyrrole nitrogens is 1. The van der Waals surface area contributed by atoms with Gasteiger partial charge < -0.3 is 20.4 Å². The summed E-state index contributed by atoms with van der Waals surface area (Å²) >= 11 is 0. The summed E-state index contributed by atoms with van der Waals surface area (Å²) < 4.78 is 5.95. The first-order valence-corrected chi connectivity index (χ1v) is 13.4. The van der Waals surface area contributed by atoms with Gasteiger partial charge in [0.25, 0.3) is 0 Å². The number of benzene rings is 2. The minimum atomic E-state index is -0.363. The van der Waals surface area contributed by atoms with Gasteiger partial charge in [0.2, 0.25) is 11.8 Å². The second kappa shape index (κ2) is 11.3. The van der Waals surface area contributed by atoms with Crippen LogP contribution in [-0.2, 0) is 22.6 Å². The number of hydrogen-bond acceptors (Lipinski definition) is 5. The topological polar surface area (TPSA) is 99.3 Å². The van der Waals surface area contributed by atoms with Crippen LogP contribution >= 0.6 is 0 Å². The Labute approximate surface area is 218 Å². The van der Waals surface area contributed by atoms with Crippen LogP contribution in [0, 0.1) is 12.3 Å². The van der Waals surface area contributed by atoms with E-state index in [1.807, 2.05) is 31.2 Å². The first kappa shape index (κ1) is 25.3. The number of aromatic amines is 1. The molecule has 8 heteroatoms. The summed E-state index contributed by atoms with van der Waals surface area (Å²) in [6, 6.07) is 14.3. The Balaban J connectivity index is 1.12. The summed E-state index contributed by atoms with van der Waals surface area (Å²) in [4.78, 5) is 35.9. The van der Waals surface area contributed by atoms with E-state index in [4.69, 9.17) is 4.74 Å². The van der Waals surface area contributed by atoms with Crippen molar-refractivity contribution in [3.63, 3.8) is 0 Å². The van der Waals surface area contributed by atoms with E-state index in [1.54, 1.807) is 0 Å². The molecule has 196 valence electrons. The number of fused-ring (bicyclic) bond motifs is 2. The van der Waals surface area contributed by atoms with Crippen molar-refractivity contribution in [2.24, 2.45) is 5.41 Å². The van der Waals surface area contributed by atoms with Crippen LogP contribution in [0.1, 0.15) is 49.1 Å². The Morgan fingerprint density at radius 1 is 1.14 bits per heavy atom. The third kappa shape index (κ3) is 6.13. The molecule has 0 unspecified atom stereocenters. The zero-order valence-corrected chi connectivity index (χ0v) is 21.6. The van der Waals surface area contributed by atoms with Crippen LogP contribution in [0.15, 0.2) is 42.5 Å². The first-order chi connectivity index (χ1) is 18.0. The summed E-state index contributed by atoms with van der Waals surface area (Å²) in [5, 5.41) is 6.12. The monoisotopic (exact) mass is 503 g/mol. The lowest BCUT2D eigenvalue weighted by atomic mass is 9.73. The summed E-state index contributed by atoms with van der Waals surface area (Å²) in [5.41, 5.74) is 3.93. The van der Waals surface area contributed by atoms with Gasteiger partial charge >= 0.3 is 0 Å². The number of aromatic nitrogens is 2. The van der Waals surface area contributed by atoms with Gasteiger partial charge in [0.1, 0.15) is 18.2 Å². The Bertz CT molecular complexity index is 1250. The van der Waals surface area contributed by atoms with Crippen molar-refractivity contribution in [2.45, 2.75) is 52.0 Å². The maximum Gasteiger partial charge on any atom is 0.234 e. The second-order valence-electron chi connectivity index (χ2n) is 10.5. The van der Waals surface area contributed by atoms with Gasteiger partial charge in [0.15, 0.2) is 0 Å². The largest absolute Gasteiger partial charge is 0.491 e. The number of amides is 2. The molecule has 2 aromatic carbocycles. The number of nitrogens with zero attached hydrogens (tertiary/aromatic N) is 2. The van der Waals surface area contributed by atoms with Crippen molar-refractivity contribution >= 4 is 22.8 Å². The van der Waals surface area contributed by atoms with E-state index in [1.165, 1.54) is 11.1 Å². The van der Waals surface area contributed by atoms with E-state index >= 15 is 0 Å². The highest BCUT2D eigenvalue weighted by Gasteiger charge is 2.40. The van der Waals surface area contributed by atoms with Crippen LogP contribution in [0.25, 0.3) is 11.0 Å². The normalized spacial score (nSPS) is 18.8. The van der Waals surface area contributed by atoms with E-state index in [9.17, 15) is 9.59 Å². The van der Waals surface area contributed by atoms with Crippen LogP contribution in [0.5, 0.6) is 5.75 Å². The van der Waals surface area contributed by atoms with Crippen molar-refractivity contribution in [2.75, 3.05) is 32.8 Å². The third-order valence-corrected chi connectivity index (χ3v) is 7.77. The zero-order valence-electron chi connectivity index (χ0n) is 21.6. The molecule has 0 atom stereocenters. The molecule has 1 fully saturated rings. The number of piperidine rings is 1. The molecule has 1 aromatic heterocycles. The molecule has 37 heavy (non-hydrogen) atoms. The number of ether oxygens (including phenoxy) is 1. The van der Waals surface area contributed by atoms with Crippen LogP contribution in [-0.4, -0.2) is 59.5 Å². The van der Waals surface area contributed by atoms with Crippen molar-refractivity contribution in [3.8, 4) is 5.75 Å². The van der Waals surface area contributed by atoms with Crippen molar-refractivity contribution in [1.29, 1.82) is 0 Å². The lowest BCUT2D eigenvalue weighted by Gasteiger charge is -2.40. The van der Waals surface area contributed by atoms with E-state index < -0.39 is 0 Å². The van der Waals surface area contributed by atoms with Crippen LogP contribution in [0.3, 0.4) is 0 Å². The maximum absolute atomic E-state index is 13.3. The van der Waals surface area contributed by atoms with Crippen LogP contribution < -0.4 is 15.4 Å². The van der Waals surface area contributed by atoms with Gasteiger partial charge in [-0.2, -0.15) is 0 Å². The fraction of sp³-hybridized carbons (Fsp3) is 0.483. The van der Waals surface area contributed by atoms with Crippen LogP contribution in [0.4, 0.5) is 0 Å². The minimum absolute atomic E-state index is 0.0217. The molecule has 2 aliphatic rings. The minimum Gasteiger partial charge on any atom is -0.491 e. The van der Waals surface area contributed by atoms with E-state index in [2.05, 4.69) is 43.7 Å². The number of carbonyl (C=O) groups is 2. The number of carbonyl (C=O) groups excluding carboxylic acids is 2. The summed E-state index contributed by atoms with van der Waals surface area (Å²) in [5.74, 6) is 1.79. The lowest BCUT2D eigenvalue weighted by molar-refractivity contribution is -0.135. The molecular formula is C29H37N5O3. The summed E-state index contributed by atoms with van der Waals surface area (Å²) in [7, 11) is 0. The zero-order chi connectivity index (χ0) is 25.7. The molecular weight excluding hydrogens is 466 g/mol. The molecule has 1 spiro atoms. The highest BCUT2D eigenvalue weighted by atomic mass is 16.5. The van der Waals surface area contributed by atoms with E-state index in [-0.39, 0.29) is 17.2 Å². The smallest absolute Gasteiger partial charge is 0.234 e. The van der Waals surface area contributed by atoms with Crippen molar-refractivity contribution < 1.29 is 14.3 Å². The Kier molecular flexibility index (Phi) is 7.74. The number of rotatable bonds is 4. The molecule has 0 bridgehead atoms. The van der Waals surface area contributed by atoms with Crippen molar-refractivity contribution in [1.82, 2.24) is 25.5 Å². The molecule has 2 amide bonds. The molecule has 3 heterocycles. The van der Waals surface area contributed by atoms with Gasteiger partial charge in [-0.25, -0.2) is 4.98 Å². The molecule has 1 saturated heterocycles. The molecule has 3 N–H and O–H groups in total. The first-order valence-electron chi connectivity index (χ1n) is 13.4. The Hall–Kier alpha value is -3.39. The van der Waals surface area contributed by atoms with Crippen LogP contribution in [0.2, 0.25) is 0 Å². The van der Waals surface area contributed by atoms with Gasteiger partial charge in [0.05, 0.1) is 36.1 Å². The maximum atomic E-state index is 13.3. The molecule has 8 nitrogen and oxygen atoms in total. The van der Waals surface area contributed by atoms with Gasteiger partial charge in [-0.15, -0.1) is 0 Å². The van der Waals surface area contributed by atoms with Gasteiger partial charge in [-0.3, -0.25) is 14.5 Å². The van der Waals surface area contributed by atoms with Gasteiger partial charge in [-0.05, 0) is 81.4 Å². The fourth-order valence-electron chi connectivity index (χ4n) is 5.57. The number of likely N-dealkylation sites (tertiary alicyclic amines) is 1. The predicted molar refractivity (Wildman–Crippen MR) is 143 cm³/mol. The molecule has 0 radical (unpaired) electrons. The number of hydrogen-bond donors (Lipinski definition) is 3. The second-order valence-corrected chi connectivity index (χ2v) is 10.5. The van der Waals surface area contributed by atoms with Gasteiger partial charge in [-0.1, -0.05) is 30.7 Å². The quantitative estimate of drug-likeness (QED) is 0.506. The van der Waals surface area contributed by atoms with Gasteiger partial charge in [0, 0.05) is 0 Å². The average molecular weight is 504 g/mol. The third-order valence-electron chi connectivity index (χ3n) is 7.77. The molecule has 5 rings (SSSR count). The Morgan fingerprint density at radius 3 is 2.84 bits per heavy atom. The SMILES string of the molecule is Cc1ccc2nc(CNC(=O)CN3CCC4(CCCCc5ccccc5OCCNC4=O)CC3)[nH]c2c1. The molecule has 0 saturated carbocycles. The van der Waals surface area contributed by atoms with Crippen molar-refractivity contribution in [3.05, 3.63) is 59.4 Å². The number of imidazole rings is 1. The fourth-order valence-corrected chi connectivity index (χ4v) is 5.57. The predicted octanol–water partition coefficient (Wildman–Crippen LogP) is 3.49. The lowest BCUT2D eigenvalue weighted by Crippen LogP contribution is -2.51. The summed E-state index contributed by atoms with van der Waals surface area (Å²) in [6.45, 7) is 5.20. The molecule has 3 aromatic rings. The number of nitrogens with one attached hydrogen (secondary N) is 3. The highest BCUT2D eigenvalue weighted by Crippen LogP contribution is 2.37. The standard InChI is InChI=1S/C29H37N5O3/c1-21-9-10-23-24(18-21)33-26(32-23)19-31-27(35)20-34-15-12-29(13-16-34)11-5-4-7-22-6-2-3-8-25(22)37-17-14-30-28(29)36/h2-3,6,8-10,18H,4-5,7,11-17,19-20H2,1H3,(H,30,36)(H,31,35)(H,32,33). The highest BCUT2D eigenvalue weighted by molar-refractivity contribution is 5.83. The number of para-hydroxylation sites is 1. The Morgan fingerprint density at radius 2 is 1.97 bits per heavy atom. The molecule has 2 aliphatic heterocycles. The van der Waals surface area contributed by atoms with E-state index in [0.29, 0.717) is 26.2 Å². The summed E-state index contributed by atoms with van der Waals surface area (Å²) in [6.07, 6.45) is 5.42.